The molecule has 118 valence electrons. The van der Waals surface area contributed by atoms with E-state index in [-0.39, 0.29) is 29.2 Å². The van der Waals surface area contributed by atoms with Crippen LogP contribution in [-0.2, 0) is 19.4 Å². The van der Waals surface area contributed by atoms with Crippen molar-refractivity contribution in [3.05, 3.63) is 29.8 Å². The van der Waals surface area contributed by atoms with Crippen LogP contribution in [-0.4, -0.2) is 43.7 Å². The highest BCUT2D eigenvalue weighted by molar-refractivity contribution is 7.91. The van der Waals surface area contributed by atoms with Crippen LogP contribution in [0, 0.1) is 0 Å². The van der Waals surface area contributed by atoms with E-state index in [1.165, 1.54) is 12.1 Å². The van der Waals surface area contributed by atoms with Crippen molar-refractivity contribution < 1.29 is 22.8 Å². The van der Waals surface area contributed by atoms with Crippen LogP contribution in [0.4, 0.5) is 5.69 Å². The van der Waals surface area contributed by atoms with E-state index in [2.05, 4.69) is 5.32 Å². The normalized spacial score (nSPS) is 19.4. The van der Waals surface area contributed by atoms with E-state index in [1.54, 1.807) is 12.1 Å². The fraction of sp³-hybridized carbons (Fsp3) is 0.308. The molecular formula is C13H15N3O5S. The van der Waals surface area contributed by atoms with E-state index in [4.69, 9.17) is 5.73 Å². The molecule has 1 saturated heterocycles. The molecule has 1 heterocycles. The minimum atomic E-state index is -3.17. The second-order valence-corrected chi connectivity index (χ2v) is 7.17. The molecule has 0 radical (unpaired) electrons. The molecule has 0 bridgehead atoms. The molecule has 2 rings (SSSR count). The number of hydrogen-bond donors (Lipinski definition) is 3. The summed E-state index contributed by atoms with van der Waals surface area (Å²) in [4.78, 5) is 35.1. The van der Waals surface area contributed by atoms with Gasteiger partial charge in [-0.1, -0.05) is 12.1 Å². The van der Waals surface area contributed by atoms with Gasteiger partial charge in [0.2, 0.25) is 0 Å². The number of amides is 3. The number of imide groups is 1. The van der Waals surface area contributed by atoms with Crippen molar-refractivity contribution in [1.29, 1.82) is 0 Å². The van der Waals surface area contributed by atoms with Gasteiger partial charge in [0.25, 0.3) is 5.91 Å². The molecule has 0 saturated carbocycles. The molecule has 1 aromatic rings. The molecule has 1 aromatic carbocycles. The van der Waals surface area contributed by atoms with Gasteiger partial charge in [0.15, 0.2) is 9.84 Å². The van der Waals surface area contributed by atoms with Crippen molar-refractivity contribution in [3.63, 3.8) is 0 Å². The highest BCUT2D eigenvalue weighted by Crippen LogP contribution is 2.11. The number of para-hydroxylation sites is 1. The van der Waals surface area contributed by atoms with Gasteiger partial charge in [-0.3, -0.25) is 19.7 Å². The summed E-state index contributed by atoms with van der Waals surface area (Å²) < 4.78 is 22.5. The van der Waals surface area contributed by atoms with Crippen molar-refractivity contribution in [3.8, 4) is 0 Å². The van der Waals surface area contributed by atoms with Gasteiger partial charge in [0, 0.05) is 11.7 Å². The van der Waals surface area contributed by atoms with Crippen molar-refractivity contribution >= 4 is 33.2 Å². The molecule has 22 heavy (non-hydrogen) atoms. The lowest BCUT2D eigenvalue weighted by Crippen LogP contribution is -2.46. The predicted molar refractivity (Wildman–Crippen MR) is 78.5 cm³/mol. The van der Waals surface area contributed by atoms with E-state index in [0.717, 1.165) is 0 Å². The van der Waals surface area contributed by atoms with Gasteiger partial charge < -0.3 is 11.1 Å². The minimum Gasteiger partial charge on any atom is -0.398 e. The van der Waals surface area contributed by atoms with Gasteiger partial charge in [0.1, 0.15) is 0 Å². The molecular weight excluding hydrogens is 310 g/mol. The lowest BCUT2D eigenvalue weighted by molar-refractivity contribution is -0.139. The Morgan fingerprint density at radius 3 is 2.41 bits per heavy atom. The van der Waals surface area contributed by atoms with Crippen LogP contribution in [0.5, 0.6) is 0 Å². The summed E-state index contributed by atoms with van der Waals surface area (Å²) in [5, 5.41) is 4.20. The van der Waals surface area contributed by atoms with Gasteiger partial charge in [-0.2, -0.15) is 0 Å². The SMILES string of the molecule is Nc1ccccc1C(=O)NC(=O)C(=O)NC1CCS(=O)(=O)C1. The number of benzene rings is 1. The molecule has 0 aromatic heterocycles. The van der Waals surface area contributed by atoms with Crippen LogP contribution in [0.25, 0.3) is 0 Å². The molecule has 1 unspecified atom stereocenters. The molecule has 8 nitrogen and oxygen atoms in total. The van der Waals surface area contributed by atoms with E-state index in [9.17, 15) is 22.8 Å². The number of carbonyl (C=O) groups excluding carboxylic acids is 3. The number of carbonyl (C=O) groups is 3. The van der Waals surface area contributed by atoms with Gasteiger partial charge in [0.05, 0.1) is 17.1 Å². The third-order valence-corrected chi connectivity index (χ3v) is 4.97. The minimum absolute atomic E-state index is 0.0287. The molecule has 1 fully saturated rings. The lowest BCUT2D eigenvalue weighted by atomic mass is 10.1. The first-order valence-electron chi connectivity index (χ1n) is 6.49. The zero-order valence-electron chi connectivity index (χ0n) is 11.5. The Kier molecular flexibility index (Phi) is 4.45. The van der Waals surface area contributed by atoms with Crippen LogP contribution < -0.4 is 16.4 Å². The van der Waals surface area contributed by atoms with Crippen molar-refractivity contribution in [1.82, 2.24) is 10.6 Å². The maximum absolute atomic E-state index is 11.8. The van der Waals surface area contributed by atoms with Gasteiger partial charge in [-0.25, -0.2) is 8.42 Å². The monoisotopic (exact) mass is 325 g/mol. The average molecular weight is 325 g/mol. The maximum Gasteiger partial charge on any atom is 0.316 e. The summed E-state index contributed by atoms with van der Waals surface area (Å²) in [7, 11) is -3.17. The van der Waals surface area contributed by atoms with E-state index >= 15 is 0 Å². The number of nitrogen functional groups attached to an aromatic ring is 1. The first-order valence-corrected chi connectivity index (χ1v) is 8.32. The Morgan fingerprint density at radius 2 is 1.82 bits per heavy atom. The van der Waals surface area contributed by atoms with Gasteiger partial charge in [-0.05, 0) is 18.6 Å². The first-order chi connectivity index (χ1) is 10.3. The number of hydrogen-bond acceptors (Lipinski definition) is 6. The molecule has 0 aliphatic carbocycles. The second-order valence-electron chi connectivity index (χ2n) is 4.94. The molecule has 4 N–H and O–H groups in total. The summed E-state index contributed by atoms with van der Waals surface area (Å²) in [5.74, 6) is -3.23. The molecule has 1 atom stereocenters. The Bertz CT molecular complexity index is 729. The highest BCUT2D eigenvalue weighted by atomic mass is 32.2. The number of nitrogens with one attached hydrogen (secondary N) is 2. The fourth-order valence-corrected chi connectivity index (χ4v) is 3.76. The predicted octanol–water partition coefficient (Wildman–Crippen LogP) is -1.17. The molecule has 1 aliphatic heterocycles. The Hall–Kier alpha value is -2.42. The van der Waals surface area contributed by atoms with E-state index in [0.29, 0.717) is 0 Å². The third-order valence-electron chi connectivity index (χ3n) is 3.21. The summed E-state index contributed by atoms with van der Waals surface area (Å²) in [6, 6.07) is 5.49. The van der Waals surface area contributed by atoms with Crippen LogP contribution in [0.15, 0.2) is 24.3 Å². The summed E-state index contributed by atoms with van der Waals surface area (Å²) in [6.45, 7) is 0. The number of sulfone groups is 1. The molecule has 3 amide bonds. The fourth-order valence-electron chi connectivity index (χ4n) is 2.09. The maximum atomic E-state index is 11.8. The number of nitrogens with two attached hydrogens (primary N) is 1. The Labute approximate surface area is 127 Å². The summed E-state index contributed by atoms with van der Waals surface area (Å²) >= 11 is 0. The van der Waals surface area contributed by atoms with Crippen molar-refractivity contribution in [2.45, 2.75) is 12.5 Å². The van der Waals surface area contributed by atoms with Crippen LogP contribution in [0.1, 0.15) is 16.8 Å². The van der Waals surface area contributed by atoms with Crippen LogP contribution >= 0.6 is 0 Å². The topological polar surface area (TPSA) is 135 Å². The standard InChI is InChI=1S/C13H15N3O5S/c14-10-4-2-1-3-9(10)11(17)16-13(19)12(18)15-8-5-6-22(20,21)7-8/h1-4,8H,5-7,14H2,(H,15,18)(H,16,17,19). The number of rotatable bonds is 2. The Balaban J connectivity index is 1.93. The summed E-state index contributed by atoms with van der Waals surface area (Å²) in [6.07, 6.45) is 0.251. The van der Waals surface area contributed by atoms with E-state index in [1.807, 2.05) is 5.32 Å². The zero-order chi connectivity index (χ0) is 16.3. The smallest absolute Gasteiger partial charge is 0.316 e. The summed E-state index contributed by atoms with van der Waals surface area (Å²) in [5.41, 5.74) is 5.85. The van der Waals surface area contributed by atoms with Crippen LogP contribution in [0.2, 0.25) is 0 Å². The largest absolute Gasteiger partial charge is 0.398 e. The van der Waals surface area contributed by atoms with Crippen molar-refractivity contribution in [2.24, 2.45) is 0 Å². The van der Waals surface area contributed by atoms with Crippen molar-refractivity contribution in [2.75, 3.05) is 17.2 Å². The second kappa shape index (κ2) is 6.14. The quantitative estimate of drug-likeness (QED) is 0.463. The third kappa shape index (κ3) is 3.82. The molecule has 0 spiro atoms. The average Bonchev–Trinajstić information content (AvgIpc) is 2.78. The lowest BCUT2D eigenvalue weighted by Gasteiger charge is -2.10. The zero-order valence-corrected chi connectivity index (χ0v) is 12.4. The molecule has 9 heteroatoms. The highest BCUT2D eigenvalue weighted by Gasteiger charge is 2.30. The molecule has 1 aliphatic rings. The first kappa shape index (κ1) is 16.0. The van der Waals surface area contributed by atoms with E-state index < -0.39 is 33.6 Å². The van der Waals surface area contributed by atoms with Gasteiger partial charge in [-0.15, -0.1) is 0 Å². The Morgan fingerprint density at radius 1 is 1.14 bits per heavy atom. The van der Waals surface area contributed by atoms with Gasteiger partial charge >= 0.3 is 11.8 Å². The van der Waals surface area contributed by atoms with Crippen LogP contribution in [0.3, 0.4) is 0 Å². The number of anilines is 1.